The summed E-state index contributed by atoms with van der Waals surface area (Å²) in [6, 6.07) is 14.7. The molecule has 0 unspecified atom stereocenters. The summed E-state index contributed by atoms with van der Waals surface area (Å²) in [4.78, 5) is 16.3. The molecule has 0 atom stereocenters. The maximum atomic E-state index is 4.70. The van der Waals surface area contributed by atoms with Crippen LogP contribution in [0.3, 0.4) is 0 Å². The molecular weight excluding hydrogens is 515 g/mol. The second kappa shape index (κ2) is 7.13. The quantitative estimate of drug-likeness (QED) is 0.311. The van der Waals surface area contributed by atoms with Crippen molar-refractivity contribution in [2.24, 2.45) is 0 Å². The van der Waals surface area contributed by atoms with Crippen LogP contribution in [0.2, 0.25) is 0 Å². The van der Waals surface area contributed by atoms with Gasteiger partial charge in [0.2, 0.25) is 0 Å². The molecule has 27 heavy (non-hydrogen) atoms. The van der Waals surface area contributed by atoms with Crippen molar-refractivity contribution in [2.45, 2.75) is 13.3 Å². The van der Waals surface area contributed by atoms with Crippen LogP contribution in [0.4, 0.5) is 0 Å². The molecule has 3 aromatic rings. The van der Waals surface area contributed by atoms with Crippen LogP contribution in [0.25, 0.3) is 46.4 Å². The van der Waals surface area contributed by atoms with E-state index in [-0.39, 0.29) is 21.1 Å². The summed E-state index contributed by atoms with van der Waals surface area (Å²) in [6.45, 7) is 2.17. The molecule has 2 aliphatic heterocycles. The first-order chi connectivity index (χ1) is 12.7. The van der Waals surface area contributed by atoms with Crippen molar-refractivity contribution in [3.05, 3.63) is 70.8 Å². The fourth-order valence-electron chi connectivity index (χ4n) is 3.37. The van der Waals surface area contributed by atoms with E-state index in [1.54, 1.807) is 0 Å². The zero-order valence-corrected chi connectivity index (χ0v) is 17.0. The largest absolute Gasteiger partial charge is 2.00 e. The fraction of sp³-hybridized carbons (Fsp3) is 0.0909. The number of rotatable bonds is 1. The van der Waals surface area contributed by atoms with Crippen molar-refractivity contribution in [3.8, 4) is 0 Å². The first-order valence-corrected chi connectivity index (χ1v) is 8.82. The predicted molar refractivity (Wildman–Crippen MR) is 108 cm³/mol. The van der Waals surface area contributed by atoms with Crippen LogP contribution >= 0.6 is 0 Å². The molecule has 3 aromatic heterocycles. The molecule has 5 rings (SSSR count). The van der Waals surface area contributed by atoms with Crippen LogP contribution < -0.4 is 0 Å². The van der Waals surface area contributed by atoms with Crippen LogP contribution in [0.15, 0.2) is 42.5 Å². The molecule has 5 heterocycles. The van der Waals surface area contributed by atoms with Gasteiger partial charge < -0.3 is 9.97 Å². The van der Waals surface area contributed by atoms with Crippen LogP contribution in [0, 0.1) is 0 Å². The number of aromatic nitrogens is 4. The fourth-order valence-corrected chi connectivity index (χ4v) is 3.37. The summed E-state index contributed by atoms with van der Waals surface area (Å²) >= 11 is 0. The zero-order chi connectivity index (χ0) is 17.5. The van der Waals surface area contributed by atoms with E-state index in [2.05, 4.69) is 58.3 Å². The SMILES string of the molecule is CCc1cc2cc3ccc(cc4nc(cc5nc(cc1[nH]2)C=C5)C=C4)[nH]3.[Pt+2]. The summed E-state index contributed by atoms with van der Waals surface area (Å²) in [5, 5.41) is 0. The van der Waals surface area contributed by atoms with E-state index in [0.717, 1.165) is 51.3 Å². The van der Waals surface area contributed by atoms with E-state index >= 15 is 0 Å². The van der Waals surface area contributed by atoms with Gasteiger partial charge in [0.25, 0.3) is 0 Å². The number of nitrogens with one attached hydrogen (secondary N) is 2. The summed E-state index contributed by atoms with van der Waals surface area (Å²) in [6.07, 6.45) is 9.08. The minimum Gasteiger partial charge on any atom is -0.355 e. The third-order valence-electron chi connectivity index (χ3n) is 4.64. The Morgan fingerprint density at radius 3 is 1.93 bits per heavy atom. The van der Waals surface area contributed by atoms with Gasteiger partial charge in [0.15, 0.2) is 0 Å². The normalized spacial score (nSPS) is 12.2. The second-order valence-electron chi connectivity index (χ2n) is 6.55. The van der Waals surface area contributed by atoms with Gasteiger partial charge in [-0.2, -0.15) is 0 Å². The maximum absolute atomic E-state index is 4.70. The van der Waals surface area contributed by atoms with Crippen LogP contribution in [0.1, 0.15) is 35.3 Å². The minimum absolute atomic E-state index is 0. The van der Waals surface area contributed by atoms with E-state index in [1.165, 1.54) is 5.56 Å². The van der Waals surface area contributed by atoms with Gasteiger partial charge in [-0.15, -0.1) is 0 Å². The van der Waals surface area contributed by atoms with Crippen molar-refractivity contribution < 1.29 is 21.1 Å². The molecule has 0 radical (unpaired) electrons. The molecular formula is C22H18N4Pt+2. The van der Waals surface area contributed by atoms with Gasteiger partial charge in [-0.05, 0) is 78.8 Å². The van der Waals surface area contributed by atoms with Crippen molar-refractivity contribution in [1.29, 1.82) is 0 Å². The number of aromatic amines is 2. The Balaban J connectivity index is 0.00000180. The molecule has 0 aliphatic carbocycles. The smallest absolute Gasteiger partial charge is 0.355 e. The molecule has 5 heteroatoms. The molecule has 0 fully saturated rings. The Kier molecular flexibility index (Phi) is 4.67. The van der Waals surface area contributed by atoms with Crippen LogP contribution in [0.5, 0.6) is 0 Å². The van der Waals surface area contributed by atoms with Crippen molar-refractivity contribution in [1.82, 2.24) is 19.9 Å². The first-order valence-electron chi connectivity index (χ1n) is 8.82. The van der Waals surface area contributed by atoms with Crippen molar-refractivity contribution in [2.75, 3.05) is 0 Å². The standard InChI is InChI=1S/C22H18N4.Pt/c1-2-14-9-21-12-19-6-5-17(24-19)10-15-3-4-16(23-15)11-18-7-8-20(25-18)13-22(14)26-21;/h3-13,24,26H,2H2,1H3;/q;+2. The monoisotopic (exact) mass is 533 g/mol. The Hall–Kier alpha value is -2.71. The molecule has 2 aliphatic rings. The number of aryl methyl sites for hydroxylation is 1. The topological polar surface area (TPSA) is 57.4 Å². The average Bonchev–Trinajstić information content (AvgIpc) is 3.39. The zero-order valence-electron chi connectivity index (χ0n) is 14.8. The number of nitrogens with zero attached hydrogens (tertiary/aromatic N) is 2. The number of H-pyrrole nitrogens is 2. The summed E-state index contributed by atoms with van der Waals surface area (Å²) in [7, 11) is 0. The Morgan fingerprint density at radius 1 is 0.667 bits per heavy atom. The van der Waals surface area contributed by atoms with E-state index < -0.39 is 0 Å². The summed E-state index contributed by atoms with van der Waals surface area (Å²) in [5.74, 6) is 0. The molecule has 8 bridgehead atoms. The van der Waals surface area contributed by atoms with Gasteiger partial charge in [-0.25, -0.2) is 9.97 Å². The number of hydrogen-bond acceptors (Lipinski definition) is 2. The minimum atomic E-state index is 0. The predicted octanol–water partition coefficient (Wildman–Crippen LogP) is 5.22. The van der Waals surface area contributed by atoms with Gasteiger partial charge >= 0.3 is 21.1 Å². The van der Waals surface area contributed by atoms with Crippen LogP contribution in [-0.2, 0) is 27.5 Å². The molecule has 2 N–H and O–H groups in total. The van der Waals surface area contributed by atoms with E-state index in [9.17, 15) is 0 Å². The Morgan fingerprint density at radius 2 is 1.26 bits per heavy atom. The van der Waals surface area contributed by atoms with Gasteiger partial charge in [-0.1, -0.05) is 6.92 Å². The van der Waals surface area contributed by atoms with E-state index in [0.29, 0.717) is 0 Å². The molecule has 0 spiro atoms. The maximum Gasteiger partial charge on any atom is 2.00 e. The third-order valence-corrected chi connectivity index (χ3v) is 4.64. The van der Waals surface area contributed by atoms with Crippen LogP contribution in [-0.4, -0.2) is 19.9 Å². The molecule has 0 amide bonds. The summed E-state index contributed by atoms with van der Waals surface area (Å²) in [5.41, 5.74) is 9.31. The second-order valence-corrected chi connectivity index (χ2v) is 6.55. The third kappa shape index (κ3) is 3.58. The summed E-state index contributed by atoms with van der Waals surface area (Å²) < 4.78 is 0. The Labute approximate surface area is 171 Å². The first kappa shape index (κ1) is 17.7. The van der Waals surface area contributed by atoms with Gasteiger partial charge in [0, 0.05) is 22.1 Å². The van der Waals surface area contributed by atoms with Crippen molar-refractivity contribution >= 4 is 46.4 Å². The average molecular weight is 533 g/mol. The van der Waals surface area contributed by atoms with E-state index in [1.807, 2.05) is 30.4 Å². The number of hydrogen-bond donors (Lipinski definition) is 2. The number of fused-ring (bicyclic) bond motifs is 8. The molecule has 134 valence electrons. The molecule has 0 saturated heterocycles. The molecule has 0 aromatic carbocycles. The van der Waals surface area contributed by atoms with Gasteiger partial charge in [0.05, 0.1) is 22.8 Å². The molecule has 4 nitrogen and oxygen atoms in total. The van der Waals surface area contributed by atoms with E-state index in [4.69, 9.17) is 4.98 Å². The Bertz CT molecular complexity index is 1230. The molecule has 0 saturated carbocycles. The van der Waals surface area contributed by atoms with Gasteiger partial charge in [-0.3, -0.25) is 0 Å². The van der Waals surface area contributed by atoms with Gasteiger partial charge in [0.1, 0.15) is 0 Å². The van der Waals surface area contributed by atoms with Crippen molar-refractivity contribution in [3.63, 3.8) is 0 Å².